The fraction of sp³-hybridized carbons (Fsp3) is 0.333. The second-order valence-corrected chi connectivity index (χ2v) is 6.96. The molecule has 0 saturated heterocycles. The molecule has 154 valence electrons. The Morgan fingerprint density at radius 1 is 1.21 bits per heavy atom. The highest BCUT2D eigenvalue weighted by Gasteiger charge is 2.13. The van der Waals surface area contributed by atoms with Gasteiger partial charge in [-0.25, -0.2) is 0 Å². The number of hydrogen-bond donors (Lipinski definition) is 3. The fourth-order valence-electron chi connectivity index (χ4n) is 2.49. The number of likely N-dealkylation sites (N-methyl/N-ethyl adjacent to an activating group) is 1. The van der Waals surface area contributed by atoms with Gasteiger partial charge in [-0.1, -0.05) is 29.3 Å². The molecule has 0 saturated carbocycles. The van der Waals surface area contributed by atoms with Crippen LogP contribution in [0.3, 0.4) is 0 Å². The average molecular weight is 451 g/mol. The lowest BCUT2D eigenvalue weighted by Crippen LogP contribution is -3.11. The van der Waals surface area contributed by atoms with Crippen LogP contribution < -0.4 is 27.4 Å². The van der Waals surface area contributed by atoms with Crippen LogP contribution in [0, 0.1) is 10.1 Å². The zero-order valence-corrected chi connectivity index (χ0v) is 17.5. The number of nitro benzene ring substituents is 1. The number of aliphatic hydroxyl groups excluding tert-OH is 1. The predicted molar refractivity (Wildman–Crippen MR) is 106 cm³/mol. The first-order valence-corrected chi connectivity index (χ1v) is 9.17. The number of hydrogen-bond acceptors (Lipinski definition) is 5. The average Bonchev–Trinajstić information content (AvgIpc) is 2.62. The number of benzene rings is 2. The molecule has 0 radical (unpaired) electrons. The Kier molecular flexibility index (Phi) is 10.3. The van der Waals surface area contributed by atoms with Gasteiger partial charge in [0.2, 0.25) is 0 Å². The zero-order chi connectivity index (χ0) is 19.8. The Hall–Kier alpha value is -1.77. The van der Waals surface area contributed by atoms with Crippen molar-refractivity contribution in [1.82, 2.24) is 0 Å². The lowest BCUT2D eigenvalue weighted by molar-refractivity contribution is -0.881. The molecule has 2 aromatic carbocycles. The van der Waals surface area contributed by atoms with E-state index >= 15 is 0 Å². The minimum atomic E-state index is -0.663. The Balaban J connectivity index is 0.00000392. The molecule has 0 amide bonds. The van der Waals surface area contributed by atoms with Crippen LogP contribution in [-0.2, 0) is 0 Å². The number of quaternary nitrogens is 1. The molecule has 3 N–H and O–H groups in total. The van der Waals surface area contributed by atoms with Gasteiger partial charge in [-0.2, -0.15) is 0 Å². The van der Waals surface area contributed by atoms with Crippen molar-refractivity contribution < 1.29 is 32.1 Å². The number of nitrogens with one attached hydrogen (secondary N) is 2. The van der Waals surface area contributed by atoms with Gasteiger partial charge in [-0.3, -0.25) is 10.1 Å². The molecule has 0 fully saturated rings. The minimum Gasteiger partial charge on any atom is -1.00 e. The van der Waals surface area contributed by atoms with Crippen LogP contribution in [0.1, 0.15) is 0 Å². The first-order chi connectivity index (χ1) is 12.9. The molecule has 0 aliphatic rings. The molecular weight excluding hydrogens is 429 g/mol. The maximum atomic E-state index is 10.6. The van der Waals surface area contributed by atoms with Gasteiger partial charge in [0, 0.05) is 12.1 Å². The van der Waals surface area contributed by atoms with Crippen molar-refractivity contribution in [1.29, 1.82) is 0 Å². The van der Waals surface area contributed by atoms with Gasteiger partial charge in [0.05, 0.1) is 40.8 Å². The predicted octanol–water partition coefficient (Wildman–Crippen LogP) is -0.728. The molecule has 0 aromatic heterocycles. The summed E-state index contributed by atoms with van der Waals surface area (Å²) in [5.41, 5.74) is 0.703. The number of aliphatic hydroxyl groups is 1. The van der Waals surface area contributed by atoms with Crippen molar-refractivity contribution in [3.05, 3.63) is 62.6 Å². The van der Waals surface area contributed by atoms with Crippen molar-refractivity contribution in [3.8, 4) is 5.75 Å². The molecule has 0 heterocycles. The SMILES string of the molecule is C[NH+](CCNc1c(Cl)cccc1Cl)CC(O)COc1ccc([N+](=O)[O-])cc1.[Cl-]. The summed E-state index contributed by atoms with van der Waals surface area (Å²) in [6.45, 7) is 1.99. The number of halogens is 3. The van der Waals surface area contributed by atoms with Gasteiger partial charge < -0.3 is 32.5 Å². The molecule has 0 aliphatic carbocycles. The van der Waals surface area contributed by atoms with Crippen molar-refractivity contribution in [2.75, 3.05) is 38.6 Å². The van der Waals surface area contributed by atoms with E-state index in [-0.39, 0.29) is 24.7 Å². The Labute approximate surface area is 179 Å². The highest BCUT2D eigenvalue weighted by Crippen LogP contribution is 2.29. The third kappa shape index (κ3) is 7.69. The smallest absolute Gasteiger partial charge is 0.269 e. The van der Waals surface area contributed by atoms with Gasteiger partial charge >= 0.3 is 0 Å². The summed E-state index contributed by atoms with van der Waals surface area (Å²) in [5, 5.41) is 25.1. The van der Waals surface area contributed by atoms with E-state index < -0.39 is 11.0 Å². The summed E-state index contributed by atoms with van der Waals surface area (Å²) in [7, 11) is 1.96. The Morgan fingerprint density at radius 3 is 2.39 bits per heavy atom. The van der Waals surface area contributed by atoms with E-state index in [1.807, 2.05) is 7.05 Å². The van der Waals surface area contributed by atoms with Gasteiger partial charge in [-0.05, 0) is 24.3 Å². The lowest BCUT2D eigenvalue weighted by atomic mass is 10.3. The summed E-state index contributed by atoms with van der Waals surface area (Å²) in [5.74, 6) is 0.479. The Bertz CT molecular complexity index is 742. The summed E-state index contributed by atoms with van der Waals surface area (Å²) < 4.78 is 5.47. The molecule has 0 bridgehead atoms. The second kappa shape index (κ2) is 11.9. The van der Waals surface area contributed by atoms with Crippen molar-refractivity contribution >= 4 is 34.6 Å². The molecule has 2 aromatic rings. The van der Waals surface area contributed by atoms with Gasteiger partial charge in [0.1, 0.15) is 25.0 Å². The van der Waals surface area contributed by atoms with Crippen LogP contribution in [0.25, 0.3) is 0 Å². The number of nitro groups is 1. The molecular formula is C18H22Cl3N3O4. The Morgan fingerprint density at radius 2 is 1.82 bits per heavy atom. The molecule has 2 rings (SSSR count). The molecule has 0 spiro atoms. The normalized spacial score (nSPS) is 12.6. The molecule has 10 heteroatoms. The van der Waals surface area contributed by atoms with Crippen molar-refractivity contribution in [3.63, 3.8) is 0 Å². The van der Waals surface area contributed by atoms with Gasteiger partial charge in [-0.15, -0.1) is 0 Å². The van der Waals surface area contributed by atoms with Crippen LogP contribution in [-0.4, -0.2) is 49.4 Å². The van der Waals surface area contributed by atoms with Crippen LogP contribution >= 0.6 is 23.2 Å². The van der Waals surface area contributed by atoms with Crippen molar-refractivity contribution in [2.24, 2.45) is 0 Å². The van der Waals surface area contributed by atoms with E-state index in [0.29, 0.717) is 34.6 Å². The number of para-hydroxylation sites is 1. The summed E-state index contributed by atoms with van der Waals surface area (Å²) in [4.78, 5) is 11.2. The van der Waals surface area contributed by atoms with Gasteiger partial charge in [0.25, 0.3) is 5.69 Å². The van der Waals surface area contributed by atoms with E-state index in [2.05, 4.69) is 5.32 Å². The van der Waals surface area contributed by atoms with Gasteiger partial charge in [0.15, 0.2) is 0 Å². The van der Waals surface area contributed by atoms with Crippen LogP contribution in [0.15, 0.2) is 42.5 Å². The van der Waals surface area contributed by atoms with E-state index in [4.69, 9.17) is 27.9 Å². The molecule has 0 aliphatic heterocycles. The lowest BCUT2D eigenvalue weighted by Gasteiger charge is -2.19. The first-order valence-electron chi connectivity index (χ1n) is 8.41. The minimum absolute atomic E-state index is 0. The molecule has 2 unspecified atom stereocenters. The van der Waals surface area contributed by atoms with E-state index in [1.54, 1.807) is 18.2 Å². The topological polar surface area (TPSA) is 89.1 Å². The number of ether oxygens (including phenoxy) is 1. The van der Waals surface area contributed by atoms with E-state index in [1.165, 1.54) is 24.3 Å². The maximum absolute atomic E-state index is 10.6. The fourth-order valence-corrected chi connectivity index (χ4v) is 3.02. The first kappa shape index (κ1) is 24.3. The van der Waals surface area contributed by atoms with Crippen molar-refractivity contribution in [2.45, 2.75) is 6.10 Å². The van der Waals surface area contributed by atoms with Crippen LogP contribution in [0.4, 0.5) is 11.4 Å². The van der Waals surface area contributed by atoms with E-state index in [0.717, 1.165) is 11.4 Å². The number of nitrogens with zero attached hydrogens (tertiary/aromatic N) is 1. The largest absolute Gasteiger partial charge is 1.00 e. The maximum Gasteiger partial charge on any atom is 0.269 e. The standard InChI is InChI=1S/C18H21Cl2N3O4.ClH/c1-22(10-9-21-18-16(19)3-2-4-17(18)20)11-14(24)12-27-15-7-5-13(6-8-15)23(25)26;/h2-8,14,21,24H,9-12H2,1H3;1H. The third-order valence-electron chi connectivity index (χ3n) is 3.89. The number of anilines is 1. The highest BCUT2D eigenvalue weighted by atomic mass is 35.5. The quantitative estimate of drug-likeness (QED) is 0.328. The molecule has 7 nitrogen and oxygen atoms in total. The summed E-state index contributed by atoms with van der Waals surface area (Å²) in [6.07, 6.45) is -0.663. The molecule has 28 heavy (non-hydrogen) atoms. The highest BCUT2D eigenvalue weighted by molar-refractivity contribution is 6.39. The van der Waals surface area contributed by atoms with Crippen LogP contribution in [0.5, 0.6) is 5.75 Å². The second-order valence-electron chi connectivity index (χ2n) is 6.15. The van der Waals surface area contributed by atoms with Crippen LogP contribution in [0.2, 0.25) is 10.0 Å². The number of rotatable bonds is 10. The van der Waals surface area contributed by atoms with E-state index in [9.17, 15) is 15.2 Å². The summed E-state index contributed by atoms with van der Waals surface area (Å²) >= 11 is 12.2. The monoisotopic (exact) mass is 449 g/mol. The third-order valence-corrected chi connectivity index (χ3v) is 4.52. The number of non-ortho nitro benzene ring substituents is 1. The summed E-state index contributed by atoms with van der Waals surface area (Å²) in [6, 6.07) is 11.1. The zero-order valence-electron chi connectivity index (χ0n) is 15.2. The molecule has 2 atom stereocenters.